The molecule has 0 atom stereocenters. The number of aromatic nitrogens is 1. The summed E-state index contributed by atoms with van der Waals surface area (Å²) in [5.74, 6) is 0. The zero-order valence-electron chi connectivity index (χ0n) is 15.2. The van der Waals surface area contributed by atoms with Gasteiger partial charge < -0.3 is 9.82 Å². The molecule has 1 N–H and O–H groups in total. The highest BCUT2D eigenvalue weighted by atomic mass is 35.5. The Bertz CT molecular complexity index is 1040. The number of aryl methyl sites for hydroxylation is 1. The molecule has 1 saturated carbocycles. The van der Waals surface area contributed by atoms with Gasteiger partial charge in [0, 0.05) is 17.4 Å². The fourth-order valence-electron chi connectivity index (χ4n) is 3.01. The van der Waals surface area contributed by atoms with Crippen molar-refractivity contribution < 1.29 is 13.3 Å². The molecule has 0 aliphatic heterocycles. The third-order valence-electron chi connectivity index (χ3n) is 4.56. The number of hydrogen-bond donors (Lipinski definition) is 1. The lowest BCUT2D eigenvalue weighted by Crippen LogP contribution is -2.17. The van der Waals surface area contributed by atoms with Gasteiger partial charge in [-0.25, -0.2) is 8.42 Å². The van der Waals surface area contributed by atoms with Crippen LogP contribution >= 0.6 is 11.6 Å². The minimum Gasteiger partial charge on any atom is -0.392 e. The van der Waals surface area contributed by atoms with Crippen molar-refractivity contribution in [2.75, 3.05) is 6.26 Å². The topological polar surface area (TPSA) is 88.6 Å². The molecule has 2 aromatic rings. The van der Waals surface area contributed by atoms with Crippen LogP contribution in [-0.4, -0.2) is 31.5 Å². The molecule has 3 rings (SSSR count). The first kappa shape index (κ1) is 19.6. The van der Waals surface area contributed by atoms with Crippen LogP contribution in [0, 0.1) is 6.92 Å². The first-order chi connectivity index (χ1) is 12.8. The number of aromatic amines is 1. The SMILES string of the molecule is Cc1ccc(/C(=N/OC2CCCC2)c2ccc(S(C)(=O)=O)c(Cl)c2)[nH]c1=O. The van der Waals surface area contributed by atoms with Gasteiger partial charge in [-0.2, -0.15) is 0 Å². The molecular formula is C19H21ClN2O4S. The third kappa shape index (κ3) is 4.59. The molecule has 1 heterocycles. The molecule has 27 heavy (non-hydrogen) atoms. The average molecular weight is 409 g/mol. The summed E-state index contributed by atoms with van der Waals surface area (Å²) in [7, 11) is -3.44. The molecule has 1 aromatic heterocycles. The van der Waals surface area contributed by atoms with Gasteiger partial charge in [-0.15, -0.1) is 0 Å². The third-order valence-corrected chi connectivity index (χ3v) is 6.14. The quantitative estimate of drug-likeness (QED) is 0.606. The van der Waals surface area contributed by atoms with Crippen LogP contribution in [-0.2, 0) is 14.7 Å². The van der Waals surface area contributed by atoms with Gasteiger partial charge in [-0.05, 0) is 50.8 Å². The van der Waals surface area contributed by atoms with E-state index in [1.165, 1.54) is 12.1 Å². The molecule has 1 aromatic carbocycles. The van der Waals surface area contributed by atoms with Gasteiger partial charge in [0.25, 0.3) is 5.56 Å². The summed E-state index contributed by atoms with van der Waals surface area (Å²) in [4.78, 5) is 20.5. The van der Waals surface area contributed by atoms with Crippen LogP contribution in [0.3, 0.4) is 0 Å². The van der Waals surface area contributed by atoms with E-state index in [0.29, 0.717) is 22.5 Å². The molecule has 0 saturated heterocycles. The van der Waals surface area contributed by atoms with E-state index in [0.717, 1.165) is 31.9 Å². The van der Waals surface area contributed by atoms with Crippen LogP contribution in [0.5, 0.6) is 0 Å². The summed E-state index contributed by atoms with van der Waals surface area (Å²) >= 11 is 6.18. The minimum absolute atomic E-state index is 0.0429. The van der Waals surface area contributed by atoms with Crippen molar-refractivity contribution in [2.45, 2.75) is 43.6 Å². The number of oxime groups is 1. The van der Waals surface area contributed by atoms with E-state index in [9.17, 15) is 13.2 Å². The maximum atomic E-state index is 12.0. The van der Waals surface area contributed by atoms with E-state index in [1.807, 2.05) is 0 Å². The fraction of sp³-hybridized carbons (Fsp3) is 0.368. The predicted octanol–water partition coefficient (Wildman–Crippen LogP) is 3.45. The van der Waals surface area contributed by atoms with Crippen LogP contribution in [0.1, 0.15) is 42.5 Å². The van der Waals surface area contributed by atoms with Gasteiger partial charge in [0.15, 0.2) is 9.84 Å². The van der Waals surface area contributed by atoms with E-state index in [-0.39, 0.29) is 21.6 Å². The molecule has 1 fully saturated rings. The lowest BCUT2D eigenvalue weighted by Gasteiger charge is -2.12. The Hall–Kier alpha value is -2.12. The molecule has 0 radical (unpaired) electrons. The molecule has 1 aliphatic carbocycles. The lowest BCUT2D eigenvalue weighted by molar-refractivity contribution is 0.0647. The van der Waals surface area contributed by atoms with Gasteiger partial charge in [0.2, 0.25) is 0 Å². The summed E-state index contributed by atoms with van der Waals surface area (Å²) in [6, 6.07) is 8.01. The van der Waals surface area contributed by atoms with Crippen molar-refractivity contribution in [2.24, 2.45) is 5.16 Å². The second-order valence-electron chi connectivity index (χ2n) is 6.75. The molecule has 1 aliphatic rings. The largest absolute Gasteiger partial charge is 0.392 e. The molecule has 0 amide bonds. The van der Waals surface area contributed by atoms with Gasteiger partial charge in [0.05, 0.1) is 15.6 Å². The molecule has 6 nitrogen and oxygen atoms in total. The number of nitrogens with zero attached hydrogens (tertiary/aromatic N) is 1. The van der Waals surface area contributed by atoms with Crippen molar-refractivity contribution >= 4 is 27.1 Å². The highest BCUT2D eigenvalue weighted by Crippen LogP contribution is 2.25. The van der Waals surface area contributed by atoms with Crippen LogP contribution in [0.15, 0.2) is 45.2 Å². The van der Waals surface area contributed by atoms with Crippen molar-refractivity contribution in [3.05, 3.63) is 62.5 Å². The standard InChI is InChI=1S/C19H21ClN2O4S/c1-12-7-9-16(21-19(12)23)18(22-26-14-5-3-4-6-14)13-8-10-17(15(20)11-13)27(2,24)25/h7-11,14H,3-6H2,1-2H3,(H,21,23)/b22-18+. The first-order valence-electron chi connectivity index (χ1n) is 8.70. The van der Waals surface area contributed by atoms with E-state index >= 15 is 0 Å². The smallest absolute Gasteiger partial charge is 0.251 e. The number of sulfone groups is 1. The van der Waals surface area contributed by atoms with Gasteiger partial charge >= 0.3 is 0 Å². The second kappa shape index (κ2) is 7.86. The Morgan fingerprint density at radius 3 is 2.52 bits per heavy atom. The van der Waals surface area contributed by atoms with E-state index in [2.05, 4.69) is 10.1 Å². The van der Waals surface area contributed by atoms with Gasteiger partial charge in [0.1, 0.15) is 11.8 Å². The van der Waals surface area contributed by atoms with Crippen LogP contribution in [0.4, 0.5) is 0 Å². The maximum Gasteiger partial charge on any atom is 0.251 e. The Balaban J connectivity index is 2.06. The fourth-order valence-corrected chi connectivity index (χ4v) is 4.34. The van der Waals surface area contributed by atoms with Crippen molar-refractivity contribution in [3.63, 3.8) is 0 Å². The molecule has 8 heteroatoms. The zero-order chi connectivity index (χ0) is 19.6. The van der Waals surface area contributed by atoms with Crippen LogP contribution in [0.2, 0.25) is 5.02 Å². The summed E-state index contributed by atoms with van der Waals surface area (Å²) in [6.07, 6.45) is 5.23. The Morgan fingerprint density at radius 1 is 1.22 bits per heavy atom. The number of rotatable bonds is 5. The Morgan fingerprint density at radius 2 is 1.93 bits per heavy atom. The van der Waals surface area contributed by atoms with Crippen LogP contribution in [0.25, 0.3) is 0 Å². The summed E-state index contributed by atoms with van der Waals surface area (Å²) in [6.45, 7) is 1.71. The number of hydrogen-bond acceptors (Lipinski definition) is 5. The average Bonchev–Trinajstić information content (AvgIpc) is 3.10. The Labute approximate surface area is 163 Å². The van der Waals surface area contributed by atoms with E-state index < -0.39 is 9.84 Å². The summed E-state index contributed by atoms with van der Waals surface area (Å²) in [5.41, 5.74) is 1.80. The highest BCUT2D eigenvalue weighted by Gasteiger charge is 2.19. The minimum atomic E-state index is -3.44. The van der Waals surface area contributed by atoms with Gasteiger partial charge in [-0.3, -0.25) is 4.79 Å². The predicted molar refractivity (Wildman–Crippen MR) is 105 cm³/mol. The first-order valence-corrected chi connectivity index (χ1v) is 11.0. The highest BCUT2D eigenvalue weighted by molar-refractivity contribution is 7.90. The van der Waals surface area contributed by atoms with Crippen LogP contribution < -0.4 is 5.56 Å². The Kier molecular flexibility index (Phi) is 5.72. The normalized spacial score (nSPS) is 15.9. The molecule has 0 spiro atoms. The molecule has 144 valence electrons. The van der Waals surface area contributed by atoms with Crippen molar-refractivity contribution in [1.82, 2.24) is 4.98 Å². The number of pyridine rings is 1. The van der Waals surface area contributed by atoms with E-state index in [1.54, 1.807) is 25.1 Å². The van der Waals surface area contributed by atoms with Crippen molar-refractivity contribution in [1.29, 1.82) is 0 Å². The second-order valence-corrected chi connectivity index (χ2v) is 9.14. The zero-order valence-corrected chi connectivity index (χ0v) is 16.7. The molecular weight excluding hydrogens is 388 g/mol. The number of nitrogens with one attached hydrogen (secondary N) is 1. The lowest BCUT2D eigenvalue weighted by atomic mass is 10.1. The van der Waals surface area contributed by atoms with Crippen molar-refractivity contribution in [3.8, 4) is 0 Å². The number of H-pyrrole nitrogens is 1. The maximum absolute atomic E-state index is 12.0. The number of halogens is 1. The summed E-state index contributed by atoms with van der Waals surface area (Å²) in [5, 5.41) is 4.38. The van der Waals surface area contributed by atoms with E-state index in [4.69, 9.17) is 16.4 Å². The monoisotopic (exact) mass is 408 g/mol. The summed E-state index contributed by atoms with van der Waals surface area (Å²) < 4.78 is 23.6. The van der Waals surface area contributed by atoms with Gasteiger partial charge in [-0.1, -0.05) is 28.9 Å². The molecule has 0 bridgehead atoms. The molecule has 0 unspecified atom stereocenters. The number of benzene rings is 1.